The van der Waals surface area contributed by atoms with E-state index in [4.69, 9.17) is 4.98 Å². The van der Waals surface area contributed by atoms with Gasteiger partial charge < -0.3 is 9.13 Å². The molecule has 0 aliphatic carbocycles. The smallest absolute Gasteiger partial charge is 0.0972 e. The average Bonchev–Trinajstić information content (AvgIpc) is 3.63. The van der Waals surface area contributed by atoms with Crippen molar-refractivity contribution in [2.24, 2.45) is 0 Å². The fourth-order valence-electron chi connectivity index (χ4n) is 6.12. The first-order chi connectivity index (χ1) is 19.8. The Labute approximate surface area is 235 Å². The van der Waals surface area contributed by atoms with Crippen LogP contribution in [0.4, 0.5) is 0 Å². The van der Waals surface area contributed by atoms with Crippen molar-refractivity contribution in [2.45, 2.75) is 6.92 Å². The molecule has 0 aliphatic rings. The highest BCUT2D eigenvalue weighted by atomic mass is 32.1. The summed E-state index contributed by atoms with van der Waals surface area (Å²) in [6.07, 6.45) is 6.22. The largest absolute Gasteiger partial charge is 0.309 e. The monoisotopic (exact) mass is 531 g/mol. The second-order valence-electron chi connectivity index (χ2n) is 10.0. The summed E-state index contributed by atoms with van der Waals surface area (Å²) >= 11 is 1.81. The number of fused-ring (bicyclic) bond motifs is 7. The molecule has 0 atom stereocenters. The molecule has 0 spiro atoms. The minimum Gasteiger partial charge on any atom is -0.309 e. The Hall–Kier alpha value is -4.93. The van der Waals surface area contributed by atoms with Crippen molar-refractivity contribution in [2.75, 3.05) is 0 Å². The zero-order valence-corrected chi connectivity index (χ0v) is 22.8. The summed E-state index contributed by atoms with van der Waals surface area (Å²) < 4.78 is 7.15. The van der Waals surface area contributed by atoms with Crippen LogP contribution < -0.4 is 0 Å². The lowest BCUT2D eigenvalue weighted by Gasteiger charge is -2.12. The molecular weight excluding hydrogens is 506 g/mol. The lowest BCUT2D eigenvalue weighted by Crippen LogP contribution is -1.99. The van der Waals surface area contributed by atoms with Crippen LogP contribution in [0.5, 0.6) is 0 Å². The van der Waals surface area contributed by atoms with Gasteiger partial charge in [-0.25, -0.2) is 4.98 Å². The van der Waals surface area contributed by atoms with Gasteiger partial charge in [0.2, 0.25) is 0 Å². The predicted octanol–water partition coefficient (Wildman–Crippen LogP) is 10.2. The van der Waals surface area contributed by atoms with Gasteiger partial charge in [-0.05, 0) is 61.5 Å². The summed E-state index contributed by atoms with van der Waals surface area (Å²) in [6.45, 7) is 6.17. The number of pyridine rings is 1. The first kappa shape index (κ1) is 23.0. The molecule has 0 N–H and O–H groups in total. The number of hydrogen-bond donors (Lipinski definition) is 0. The summed E-state index contributed by atoms with van der Waals surface area (Å²) in [4.78, 5) is 5.25. The molecule has 4 heteroatoms. The van der Waals surface area contributed by atoms with Crippen molar-refractivity contribution < 1.29 is 0 Å². The van der Waals surface area contributed by atoms with Gasteiger partial charge in [-0.3, -0.25) is 0 Å². The van der Waals surface area contributed by atoms with Gasteiger partial charge >= 0.3 is 0 Å². The topological polar surface area (TPSA) is 22.8 Å². The van der Waals surface area contributed by atoms with E-state index in [1.54, 1.807) is 0 Å². The lowest BCUT2D eigenvalue weighted by atomic mass is 10.1. The second kappa shape index (κ2) is 8.80. The van der Waals surface area contributed by atoms with Crippen molar-refractivity contribution in [3.63, 3.8) is 0 Å². The lowest BCUT2D eigenvalue weighted by molar-refractivity contribution is 1.09. The van der Waals surface area contributed by atoms with Crippen LogP contribution in [-0.4, -0.2) is 14.1 Å². The third-order valence-electron chi connectivity index (χ3n) is 7.82. The molecule has 4 aromatic heterocycles. The Balaban J connectivity index is 1.36. The van der Waals surface area contributed by atoms with Gasteiger partial charge in [0, 0.05) is 37.8 Å². The maximum atomic E-state index is 5.25. The van der Waals surface area contributed by atoms with Gasteiger partial charge in [0.05, 0.1) is 38.0 Å². The quantitative estimate of drug-likeness (QED) is 0.221. The van der Waals surface area contributed by atoms with Crippen LogP contribution in [0.3, 0.4) is 0 Å². The Morgan fingerprint density at radius 1 is 0.650 bits per heavy atom. The van der Waals surface area contributed by atoms with Gasteiger partial charge in [0.25, 0.3) is 0 Å². The van der Waals surface area contributed by atoms with Crippen molar-refractivity contribution in [1.29, 1.82) is 0 Å². The zero-order valence-electron chi connectivity index (χ0n) is 22.0. The van der Waals surface area contributed by atoms with Crippen molar-refractivity contribution in [3.05, 3.63) is 127 Å². The fourth-order valence-corrected chi connectivity index (χ4v) is 7.20. The Bertz CT molecular complexity index is 2290. The minimum absolute atomic E-state index is 1.04. The predicted molar refractivity (Wildman–Crippen MR) is 173 cm³/mol. The van der Waals surface area contributed by atoms with Gasteiger partial charge in [0.15, 0.2) is 0 Å². The van der Waals surface area contributed by atoms with Crippen LogP contribution in [0, 0.1) is 0 Å². The van der Waals surface area contributed by atoms with Gasteiger partial charge in [-0.15, -0.1) is 11.3 Å². The molecule has 8 rings (SSSR count). The van der Waals surface area contributed by atoms with Crippen molar-refractivity contribution in [1.82, 2.24) is 14.1 Å². The number of para-hydroxylation sites is 2. The van der Waals surface area contributed by atoms with E-state index >= 15 is 0 Å². The molecular formula is C36H25N3S. The number of nitrogens with zero attached hydrogens (tertiary/aromatic N) is 3. The summed E-state index contributed by atoms with van der Waals surface area (Å²) in [5, 5.41) is 3.59. The molecule has 0 saturated carbocycles. The van der Waals surface area contributed by atoms with Crippen LogP contribution >= 0.6 is 11.3 Å². The molecule has 0 aliphatic heterocycles. The van der Waals surface area contributed by atoms with Gasteiger partial charge in [-0.1, -0.05) is 73.3 Å². The molecule has 190 valence electrons. The molecule has 0 radical (unpaired) electrons. The molecule has 0 fully saturated rings. The van der Waals surface area contributed by atoms with Gasteiger partial charge in [-0.2, -0.15) is 0 Å². The van der Waals surface area contributed by atoms with E-state index in [0.717, 1.165) is 44.7 Å². The number of aromatic nitrogens is 3. The fraction of sp³-hybridized carbons (Fsp3) is 0.0278. The highest BCUT2D eigenvalue weighted by Crippen LogP contribution is 2.39. The van der Waals surface area contributed by atoms with E-state index in [0.29, 0.717) is 0 Å². The molecule has 40 heavy (non-hydrogen) atoms. The Kier molecular flexibility index (Phi) is 5.06. The first-order valence-electron chi connectivity index (χ1n) is 13.5. The van der Waals surface area contributed by atoms with Gasteiger partial charge in [0.1, 0.15) is 0 Å². The van der Waals surface area contributed by atoms with E-state index in [-0.39, 0.29) is 0 Å². The number of benzene rings is 4. The second-order valence-corrected chi connectivity index (χ2v) is 11.1. The van der Waals surface area contributed by atoms with Crippen molar-refractivity contribution in [3.8, 4) is 11.4 Å². The maximum Gasteiger partial charge on any atom is 0.0972 e. The zero-order chi connectivity index (χ0) is 26.8. The first-order valence-corrected chi connectivity index (χ1v) is 14.3. The van der Waals surface area contributed by atoms with Crippen LogP contribution in [0.25, 0.3) is 76.7 Å². The molecule has 0 unspecified atom stereocenters. The number of rotatable bonds is 4. The van der Waals surface area contributed by atoms with E-state index in [1.165, 1.54) is 31.1 Å². The van der Waals surface area contributed by atoms with Crippen LogP contribution in [0.1, 0.15) is 18.2 Å². The molecule has 3 nitrogen and oxygen atoms in total. The third-order valence-corrected chi connectivity index (χ3v) is 8.92. The molecule has 0 saturated heterocycles. The summed E-state index contributed by atoms with van der Waals surface area (Å²) in [7, 11) is 0. The molecule has 4 aromatic carbocycles. The highest BCUT2D eigenvalue weighted by Gasteiger charge is 2.18. The van der Waals surface area contributed by atoms with Crippen LogP contribution in [0.2, 0.25) is 0 Å². The standard InChI is InChI=1S/C36H25N3S/c1-3-11-29-25(4-2)26-12-5-8-15-30(26)38(29)23-18-20-24(21-19-23)39-31-16-9-6-13-27(31)35-32(39)22-34-36(37-35)28-14-7-10-17-33(28)40-34/h3-22H,2H2,1H3/b11-3-. The van der Waals surface area contributed by atoms with Crippen LogP contribution in [-0.2, 0) is 0 Å². The highest BCUT2D eigenvalue weighted by molar-refractivity contribution is 7.25. The summed E-state index contributed by atoms with van der Waals surface area (Å²) in [5.74, 6) is 0. The molecule has 0 bridgehead atoms. The minimum atomic E-state index is 1.04. The van der Waals surface area contributed by atoms with Crippen LogP contribution in [0.15, 0.2) is 116 Å². The third kappa shape index (κ3) is 3.20. The number of allylic oxidation sites excluding steroid dienone is 1. The number of thiophene rings is 1. The van der Waals surface area contributed by atoms with E-state index in [9.17, 15) is 0 Å². The Morgan fingerprint density at radius 3 is 2.00 bits per heavy atom. The summed E-state index contributed by atoms with van der Waals surface area (Å²) in [5.41, 5.74) is 10.1. The SMILES string of the molecule is C=Cc1c(/C=C\C)n(-c2ccc(-n3c4ccccc4c4nc5c(cc43)sc3ccccc35)cc2)c2ccccc12. The molecule has 4 heterocycles. The molecule has 8 aromatic rings. The molecule has 0 amide bonds. The maximum absolute atomic E-state index is 5.25. The normalized spacial score (nSPS) is 12.1. The Morgan fingerprint density at radius 2 is 1.27 bits per heavy atom. The van der Waals surface area contributed by atoms with E-state index < -0.39 is 0 Å². The van der Waals surface area contributed by atoms with E-state index in [1.807, 2.05) is 17.4 Å². The van der Waals surface area contributed by atoms with Crippen molar-refractivity contribution >= 4 is 76.6 Å². The average molecular weight is 532 g/mol. The summed E-state index contributed by atoms with van der Waals surface area (Å²) in [6, 6.07) is 36.9. The van der Waals surface area contributed by atoms with E-state index in [2.05, 4.69) is 138 Å². The number of hydrogen-bond acceptors (Lipinski definition) is 2.